The van der Waals surface area contributed by atoms with Crippen LogP contribution >= 0.6 is 11.6 Å². The fourth-order valence-corrected chi connectivity index (χ4v) is 4.90. The van der Waals surface area contributed by atoms with Crippen LogP contribution in [0.5, 0.6) is 11.5 Å². The van der Waals surface area contributed by atoms with Crippen LogP contribution in [0, 0.1) is 5.92 Å². The molecule has 1 atom stereocenters. The Morgan fingerprint density at radius 1 is 1.03 bits per heavy atom. The number of rotatable bonds is 8. The summed E-state index contributed by atoms with van der Waals surface area (Å²) < 4.78 is 52.4. The number of amides is 1. The Morgan fingerprint density at radius 2 is 1.71 bits per heavy atom. The van der Waals surface area contributed by atoms with E-state index in [-0.39, 0.29) is 29.6 Å². The van der Waals surface area contributed by atoms with E-state index >= 15 is 0 Å². The zero-order chi connectivity index (χ0) is 27.3. The van der Waals surface area contributed by atoms with Crippen LogP contribution in [0.2, 0.25) is 5.02 Å². The number of ether oxygens (including phenoxy) is 3. The summed E-state index contributed by atoms with van der Waals surface area (Å²) in [5.74, 6) is -1.15. The van der Waals surface area contributed by atoms with Crippen LogP contribution in [0.1, 0.15) is 48.0 Å². The lowest BCUT2D eigenvalue weighted by atomic mass is 9.83. The fourth-order valence-electron chi connectivity index (χ4n) is 4.72. The van der Waals surface area contributed by atoms with Crippen molar-refractivity contribution in [3.8, 4) is 11.5 Å². The van der Waals surface area contributed by atoms with Gasteiger partial charge >= 0.3 is 12.3 Å². The molecular formula is C28H27ClF3NO5. The molecule has 0 heterocycles. The van der Waals surface area contributed by atoms with Gasteiger partial charge in [0.25, 0.3) is 5.91 Å². The minimum Gasteiger partial charge on any atom is -0.487 e. The number of esters is 1. The number of hydrogen-bond donors (Lipinski definition) is 1. The number of carbonyl (C=O) groups is 2. The summed E-state index contributed by atoms with van der Waals surface area (Å²) in [7, 11) is 1.29. The van der Waals surface area contributed by atoms with E-state index in [1.54, 1.807) is 30.3 Å². The number of alkyl halides is 3. The zero-order valence-electron chi connectivity index (χ0n) is 20.6. The first kappa shape index (κ1) is 27.6. The van der Waals surface area contributed by atoms with Crippen LogP contribution in [0.15, 0.2) is 54.6 Å². The second-order valence-corrected chi connectivity index (χ2v) is 9.60. The van der Waals surface area contributed by atoms with Gasteiger partial charge in [-0.15, -0.1) is 13.2 Å². The van der Waals surface area contributed by atoms with E-state index < -0.39 is 24.3 Å². The summed E-state index contributed by atoms with van der Waals surface area (Å²) in [6.07, 6.45) is -0.129. The summed E-state index contributed by atoms with van der Waals surface area (Å²) in [5.41, 5.74) is 0.751. The highest BCUT2D eigenvalue weighted by atomic mass is 35.5. The van der Waals surface area contributed by atoms with Gasteiger partial charge in [0.15, 0.2) is 0 Å². The molecule has 0 aromatic heterocycles. The van der Waals surface area contributed by atoms with Crippen molar-refractivity contribution in [3.05, 3.63) is 70.7 Å². The van der Waals surface area contributed by atoms with Crippen molar-refractivity contribution in [1.29, 1.82) is 0 Å². The molecule has 202 valence electrons. The van der Waals surface area contributed by atoms with E-state index in [4.69, 9.17) is 21.1 Å². The highest BCUT2D eigenvalue weighted by Gasteiger charge is 2.33. The lowest BCUT2D eigenvalue weighted by Gasteiger charge is -2.29. The number of halogens is 4. The van der Waals surface area contributed by atoms with E-state index in [1.807, 2.05) is 0 Å². The summed E-state index contributed by atoms with van der Waals surface area (Å²) in [6.45, 7) is -0.0404. The van der Waals surface area contributed by atoms with Crippen molar-refractivity contribution < 1.29 is 37.0 Å². The maximum Gasteiger partial charge on any atom is 0.573 e. The Bertz CT molecular complexity index is 1290. The van der Waals surface area contributed by atoms with Gasteiger partial charge in [0.2, 0.25) is 0 Å². The molecule has 1 aliphatic rings. The minimum absolute atomic E-state index is 0.0307. The van der Waals surface area contributed by atoms with Gasteiger partial charge in [0.1, 0.15) is 24.1 Å². The van der Waals surface area contributed by atoms with Crippen molar-refractivity contribution in [2.75, 3.05) is 7.11 Å². The van der Waals surface area contributed by atoms with Crippen molar-refractivity contribution in [1.82, 2.24) is 5.32 Å². The molecule has 1 saturated carbocycles. The molecule has 38 heavy (non-hydrogen) atoms. The molecule has 1 aliphatic carbocycles. The SMILES string of the molecule is COC(=O)C(NC(=O)c1ccc2ccc(Cl)cc2c1OCc1ccc(OC(F)(F)F)cc1)C1CCCCC1. The van der Waals surface area contributed by atoms with Crippen LogP contribution in [-0.4, -0.2) is 31.4 Å². The van der Waals surface area contributed by atoms with E-state index in [0.717, 1.165) is 37.5 Å². The maximum absolute atomic E-state index is 13.5. The molecule has 0 radical (unpaired) electrons. The third-order valence-electron chi connectivity index (χ3n) is 6.58. The molecule has 0 aliphatic heterocycles. The average molecular weight is 550 g/mol. The number of nitrogens with one attached hydrogen (secondary N) is 1. The van der Waals surface area contributed by atoms with Crippen LogP contribution in [-0.2, 0) is 16.1 Å². The Kier molecular flexibility index (Phi) is 8.66. The molecule has 3 aromatic carbocycles. The molecule has 1 amide bonds. The predicted octanol–water partition coefficient (Wildman–Crippen LogP) is 6.82. The molecule has 0 spiro atoms. The smallest absolute Gasteiger partial charge is 0.487 e. The zero-order valence-corrected chi connectivity index (χ0v) is 21.4. The Morgan fingerprint density at radius 3 is 2.37 bits per heavy atom. The van der Waals surface area contributed by atoms with Gasteiger partial charge in [0.05, 0.1) is 12.7 Å². The number of methoxy groups -OCH3 is 1. The molecule has 6 nitrogen and oxygen atoms in total. The highest BCUT2D eigenvalue weighted by Crippen LogP contribution is 2.34. The average Bonchev–Trinajstić information content (AvgIpc) is 2.90. The van der Waals surface area contributed by atoms with Crippen LogP contribution < -0.4 is 14.8 Å². The monoisotopic (exact) mass is 549 g/mol. The van der Waals surface area contributed by atoms with E-state index in [2.05, 4.69) is 10.1 Å². The Labute approximate surface area is 223 Å². The van der Waals surface area contributed by atoms with Gasteiger partial charge in [-0.25, -0.2) is 4.79 Å². The van der Waals surface area contributed by atoms with Crippen molar-refractivity contribution in [2.45, 2.75) is 51.1 Å². The normalized spacial score (nSPS) is 15.1. The summed E-state index contributed by atoms with van der Waals surface area (Å²) in [6, 6.07) is 13.0. The maximum atomic E-state index is 13.5. The summed E-state index contributed by atoms with van der Waals surface area (Å²) in [4.78, 5) is 26.1. The topological polar surface area (TPSA) is 73.9 Å². The van der Waals surface area contributed by atoms with E-state index in [1.165, 1.54) is 31.4 Å². The number of hydrogen-bond acceptors (Lipinski definition) is 5. The Balaban J connectivity index is 1.61. The van der Waals surface area contributed by atoms with Crippen LogP contribution in [0.25, 0.3) is 10.8 Å². The molecule has 1 N–H and O–H groups in total. The standard InChI is InChI=1S/C28H27ClF3NO5/c1-36-27(35)24(19-5-3-2-4-6-19)33-26(34)22-14-10-18-9-11-20(29)15-23(18)25(22)37-16-17-7-12-21(13-8-17)38-28(30,31)32/h7-15,19,24H,2-6,16H2,1H3,(H,33,34). The summed E-state index contributed by atoms with van der Waals surface area (Å²) >= 11 is 6.23. The van der Waals surface area contributed by atoms with Gasteiger partial charge in [-0.3, -0.25) is 4.79 Å². The molecule has 0 bridgehead atoms. The highest BCUT2D eigenvalue weighted by molar-refractivity contribution is 6.31. The van der Waals surface area contributed by atoms with Crippen LogP contribution in [0.4, 0.5) is 13.2 Å². The van der Waals surface area contributed by atoms with Crippen molar-refractivity contribution in [3.63, 3.8) is 0 Å². The minimum atomic E-state index is -4.79. The molecular weight excluding hydrogens is 523 g/mol. The fraction of sp³-hybridized carbons (Fsp3) is 0.357. The largest absolute Gasteiger partial charge is 0.573 e. The molecule has 10 heteroatoms. The number of benzene rings is 3. The van der Waals surface area contributed by atoms with Crippen molar-refractivity contribution >= 4 is 34.2 Å². The van der Waals surface area contributed by atoms with Gasteiger partial charge < -0.3 is 19.5 Å². The lowest BCUT2D eigenvalue weighted by molar-refractivity contribution is -0.274. The molecule has 4 rings (SSSR count). The van der Waals surface area contributed by atoms with E-state index in [9.17, 15) is 22.8 Å². The van der Waals surface area contributed by atoms with Crippen LogP contribution in [0.3, 0.4) is 0 Å². The molecule has 1 fully saturated rings. The second kappa shape index (κ2) is 11.9. The molecule has 0 saturated heterocycles. The van der Waals surface area contributed by atoms with Gasteiger partial charge in [-0.2, -0.15) is 0 Å². The Hall–Kier alpha value is -3.46. The van der Waals surface area contributed by atoms with Gasteiger partial charge in [0, 0.05) is 10.4 Å². The first-order valence-electron chi connectivity index (χ1n) is 12.2. The molecule has 3 aromatic rings. The quantitative estimate of drug-likeness (QED) is 0.312. The predicted molar refractivity (Wildman–Crippen MR) is 136 cm³/mol. The lowest BCUT2D eigenvalue weighted by Crippen LogP contribution is -2.47. The van der Waals surface area contributed by atoms with Gasteiger partial charge in [-0.05, 0) is 60.0 Å². The van der Waals surface area contributed by atoms with Gasteiger partial charge in [-0.1, -0.05) is 55.1 Å². The second-order valence-electron chi connectivity index (χ2n) is 9.16. The first-order chi connectivity index (χ1) is 18.1. The summed E-state index contributed by atoms with van der Waals surface area (Å²) in [5, 5.41) is 4.63. The third-order valence-corrected chi connectivity index (χ3v) is 6.82. The molecule has 1 unspecified atom stereocenters. The number of fused-ring (bicyclic) bond motifs is 1. The third kappa shape index (κ3) is 6.89. The number of carbonyl (C=O) groups excluding carboxylic acids is 2. The first-order valence-corrected chi connectivity index (χ1v) is 12.6. The van der Waals surface area contributed by atoms with Crippen molar-refractivity contribution in [2.24, 2.45) is 5.92 Å². The van der Waals surface area contributed by atoms with E-state index in [0.29, 0.717) is 16.0 Å².